The van der Waals surface area contributed by atoms with Gasteiger partial charge in [0.2, 0.25) is 0 Å². The van der Waals surface area contributed by atoms with Crippen LogP contribution < -0.4 is 0 Å². The van der Waals surface area contributed by atoms with E-state index in [-0.39, 0.29) is 5.84 Å². The van der Waals surface area contributed by atoms with E-state index in [4.69, 9.17) is 10.4 Å². The predicted octanol–water partition coefficient (Wildman–Crippen LogP) is 8.95. The maximum Gasteiger partial charge on any atom is 0.152 e. The Labute approximate surface area is 246 Å². The molecule has 200 valence electrons. The third-order valence-electron chi connectivity index (χ3n) is 8.28. The lowest BCUT2D eigenvalue weighted by Gasteiger charge is -2.34. The van der Waals surface area contributed by atoms with Crippen molar-refractivity contribution in [1.29, 1.82) is 5.41 Å². The maximum absolute atomic E-state index is 8.85. The summed E-state index contributed by atoms with van der Waals surface area (Å²) in [6.07, 6.45) is 3.60. The van der Waals surface area contributed by atoms with E-state index >= 15 is 0 Å². The van der Waals surface area contributed by atoms with E-state index in [0.717, 1.165) is 28.0 Å². The lowest BCUT2D eigenvalue weighted by Crippen LogP contribution is -2.28. The fourth-order valence-corrected chi connectivity index (χ4v) is 6.37. The molecule has 3 heteroatoms. The molecule has 0 fully saturated rings. The highest BCUT2D eigenvalue weighted by molar-refractivity contribution is 6.10. The van der Waals surface area contributed by atoms with Gasteiger partial charge in [-0.25, -0.2) is 4.99 Å². The lowest BCUT2D eigenvalue weighted by atomic mass is 9.67. The minimum atomic E-state index is -0.462. The van der Waals surface area contributed by atoms with Gasteiger partial charge in [0.25, 0.3) is 0 Å². The second-order valence-corrected chi connectivity index (χ2v) is 10.7. The molecule has 1 heterocycles. The van der Waals surface area contributed by atoms with Crippen molar-refractivity contribution in [1.82, 2.24) is 4.98 Å². The molecule has 0 amide bonds. The average Bonchev–Trinajstić information content (AvgIpc) is 3.37. The van der Waals surface area contributed by atoms with Gasteiger partial charge in [0.05, 0.1) is 5.41 Å². The summed E-state index contributed by atoms with van der Waals surface area (Å²) in [6, 6.07) is 48.9. The predicted molar refractivity (Wildman–Crippen MR) is 172 cm³/mol. The summed E-state index contributed by atoms with van der Waals surface area (Å²) in [4.78, 5) is 9.03. The molecule has 1 aliphatic rings. The Morgan fingerprint density at radius 3 is 1.93 bits per heavy atom. The van der Waals surface area contributed by atoms with Gasteiger partial charge in [-0.3, -0.25) is 10.4 Å². The van der Waals surface area contributed by atoms with Crippen molar-refractivity contribution in [2.75, 3.05) is 0 Å². The van der Waals surface area contributed by atoms with Gasteiger partial charge in [-0.1, -0.05) is 121 Å². The molecular formula is C39H29N3. The topological polar surface area (TPSA) is 49.1 Å². The van der Waals surface area contributed by atoms with Crippen LogP contribution in [0.2, 0.25) is 0 Å². The number of pyridine rings is 1. The molecule has 0 unspecified atom stereocenters. The number of aliphatic imine (C=N–C) groups is 1. The fourth-order valence-electron chi connectivity index (χ4n) is 6.37. The molecule has 0 atom stereocenters. The number of rotatable bonds is 5. The molecule has 6 aromatic rings. The van der Waals surface area contributed by atoms with Crippen molar-refractivity contribution in [3.8, 4) is 22.3 Å². The number of fused-ring (bicyclic) bond motifs is 3. The molecule has 0 spiro atoms. The Hall–Kier alpha value is -5.41. The van der Waals surface area contributed by atoms with E-state index in [1.54, 1.807) is 6.20 Å². The van der Waals surface area contributed by atoms with Crippen LogP contribution in [0.5, 0.6) is 0 Å². The first-order valence-corrected chi connectivity index (χ1v) is 14.2. The van der Waals surface area contributed by atoms with Crippen LogP contribution >= 0.6 is 0 Å². The smallest absolute Gasteiger partial charge is 0.152 e. The van der Waals surface area contributed by atoms with Crippen LogP contribution in [-0.2, 0) is 5.41 Å². The van der Waals surface area contributed by atoms with Gasteiger partial charge in [-0.15, -0.1) is 0 Å². The largest absolute Gasteiger partial charge is 0.282 e. The molecule has 0 bridgehead atoms. The minimum absolute atomic E-state index is 0.234. The first-order chi connectivity index (χ1) is 20.7. The molecule has 5 aromatic carbocycles. The zero-order valence-corrected chi connectivity index (χ0v) is 23.3. The van der Waals surface area contributed by atoms with Crippen molar-refractivity contribution in [3.63, 3.8) is 0 Å². The summed E-state index contributed by atoms with van der Waals surface area (Å²) in [5.74, 6) is 0.234. The highest BCUT2D eigenvalue weighted by Crippen LogP contribution is 2.55. The Morgan fingerprint density at radius 1 is 0.595 bits per heavy atom. The Bertz CT molecular complexity index is 1910. The molecule has 0 saturated heterocycles. The molecule has 0 aliphatic heterocycles. The number of benzene rings is 5. The molecule has 1 aromatic heterocycles. The fraction of sp³-hybridized carbons (Fsp3) is 0.0513. The molecule has 1 aliphatic carbocycles. The third-order valence-corrected chi connectivity index (χ3v) is 8.28. The normalized spacial score (nSPS) is 13.3. The van der Waals surface area contributed by atoms with E-state index < -0.39 is 5.41 Å². The Morgan fingerprint density at radius 2 is 1.21 bits per heavy atom. The lowest BCUT2D eigenvalue weighted by molar-refractivity contribution is 0.768. The van der Waals surface area contributed by atoms with Gasteiger partial charge in [-0.2, -0.15) is 0 Å². The summed E-state index contributed by atoms with van der Waals surface area (Å²) in [5, 5.41) is 8.85. The SMILES string of the molecule is CC(=NC(=N)c1cccc(-c2cccnc2)c1)c1cccc(C2(c3ccccc3)c3ccccc3-c3ccccc32)c1. The van der Waals surface area contributed by atoms with E-state index in [0.29, 0.717) is 0 Å². The van der Waals surface area contributed by atoms with Crippen molar-refractivity contribution >= 4 is 11.5 Å². The quantitative estimate of drug-likeness (QED) is 0.172. The minimum Gasteiger partial charge on any atom is -0.282 e. The molecular weight excluding hydrogens is 510 g/mol. The number of nitrogens with one attached hydrogen (secondary N) is 1. The van der Waals surface area contributed by atoms with Crippen LogP contribution in [0.25, 0.3) is 22.3 Å². The van der Waals surface area contributed by atoms with Crippen LogP contribution in [0.4, 0.5) is 0 Å². The van der Waals surface area contributed by atoms with Crippen LogP contribution in [0.1, 0.15) is 40.3 Å². The highest BCUT2D eigenvalue weighted by atomic mass is 14.8. The van der Waals surface area contributed by atoms with Crippen LogP contribution in [0.3, 0.4) is 0 Å². The molecule has 1 N–H and O–H groups in total. The summed E-state index contributed by atoms with van der Waals surface area (Å²) >= 11 is 0. The van der Waals surface area contributed by atoms with Crippen LogP contribution in [0, 0.1) is 5.41 Å². The number of nitrogens with zero attached hydrogens (tertiary/aromatic N) is 2. The number of aromatic nitrogens is 1. The zero-order valence-electron chi connectivity index (χ0n) is 23.3. The van der Waals surface area contributed by atoms with Crippen molar-refractivity contribution < 1.29 is 0 Å². The van der Waals surface area contributed by atoms with Gasteiger partial charge in [0.1, 0.15) is 0 Å². The maximum atomic E-state index is 8.85. The van der Waals surface area contributed by atoms with E-state index in [2.05, 4.69) is 108 Å². The first kappa shape index (κ1) is 25.6. The Balaban J connectivity index is 1.34. The van der Waals surface area contributed by atoms with E-state index in [1.807, 2.05) is 49.5 Å². The summed E-state index contributed by atoms with van der Waals surface area (Å²) in [5.41, 5.74) is 11.7. The zero-order chi connectivity index (χ0) is 28.5. The number of amidine groups is 1. The molecule has 7 rings (SSSR count). The monoisotopic (exact) mass is 539 g/mol. The second-order valence-electron chi connectivity index (χ2n) is 10.7. The standard InChI is InChI=1S/C39H29N3/c1-27(42-38(40)30-14-9-13-29(24-30)31-15-11-23-41-26-31)28-12-10-18-33(25-28)39(32-16-3-2-4-17-32)36-21-7-5-19-34(36)35-20-6-8-22-37(35)39/h2-26,40H,1H3. The van der Waals surface area contributed by atoms with Gasteiger partial charge >= 0.3 is 0 Å². The Kier molecular flexibility index (Phi) is 6.41. The summed E-state index contributed by atoms with van der Waals surface area (Å²) in [6.45, 7) is 1.99. The van der Waals surface area contributed by atoms with Crippen molar-refractivity contribution in [3.05, 3.63) is 185 Å². The number of hydrogen-bond acceptors (Lipinski definition) is 2. The molecule has 0 saturated carbocycles. The van der Waals surface area contributed by atoms with Gasteiger partial charge in [-0.05, 0) is 69.6 Å². The first-order valence-electron chi connectivity index (χ1n) is 14.2. The van der Waals surface area contributed by atoms with Crippen LogP contribution in [-0.4, -0.2) is 16.5 Å². The van der Waals surface area contributed by atoms with E-state index in [9.17, 15) is 0 Å². The van der Waals surface area contributed by atoms with Gasteiger partial charge < -0.3 is 0 Å². The van der Waals surface area contributed by atoms with E-state index in [1.165, 1.54) is 33.4 Å². The molecule has 3 nitrogen and oxygen atoms in total. The molecule has 0 radical (unpaired) electrons. The summed E-state index contributed by atoms with van der Waals surface area (Å²) < 4.78 is 0. The highest BCUT2D eigenvalue weighted by Gasteiger charge is 2.45. The summed E-state index contributed by atoms with van der Waals surface area (Å²) in [7, 11) is 0. The van der Waals surface area contributed by atoms with Crippen molar-refractivity contribution in [2.45, 2.75) is 12.3 Å². The van der Waals surface area contributed by atoms with Gasteiger partial charge in [0.15, 0.2) is 5.84 Å². The molecule has 42 heavy (non-hydrogen) atoms. The van der Waals surface area contributed by atoms with Gasteiger partial charge in [0, 0.05) is 29.2 Å². The van der Waals surface area contributed by atoms with Crippen LogP contribution in [0.15, 0.2) is 157 Å². The average molecular weight is 540 g/mol. The van der Waals surface area contributed by atoms with Crippen molar-refractivity contribution in [2.24, 2.45) is 4.99 Å². The third kappa shape index (κ3) is 4.18. The number of hydrogen-bond donors (Lipinski definition) is 1. The second kappa shape index (κ2) is 10.5.